The van der Waals surface area contributed by atoms with E-state index in [2.05, 4.69) is 5.32 Å². The summed E-state index contributed by atoms with van der Waals surface area (Å²) in [6.07, 6.45) is 0. The molecule has 0 heterocycles. The molecule has 2 rings (SSSR count). The highest BCUT2D eigenvalue weighted by Crippen LogP contribution is 2.23. The summed E-state index contributed by atoms with van der Waals surface area (Å²) in [7, 11) is 0. The van der Waals surface area contributed by atoms with E-state index in [-0.39, 0.29) is 18.7 Å². The van der Waals surface area contributed by atoms with Crippen LogP contribution in [0.25, 0.3) is 11.1 Å². The van der Waals surface area contributed by atoms with Crippen molar-refractivity contribution in [2.24, 2.45) is 0 Å². The van der Waals surface area contributed by atoms with E-state index in [1.54, 1.807) is 30.3 Å². The van der Waals surface area contributed by atoms with Crippen molar-refractivity contribution in [2.75, 3.05) is 13.2 Å². The average Bonchev–Trinajstić information content (AvgIpc) is 2.45. The van der Waals surface area contributed by atoms with Crippen molar-refractivity contribution in [3.05, 3.63) is 58.9 Å². The molecule has 0 aliphatic heterocycles. The largest absolute Gasteiger partial charge is 0.395 e. The van der Waals surface area contributed by atoms with Crippen molar-refractivity contribution >= 4 is 17.5 Å². The summed E-state index contributed by atoms with van der Waals surface area (Å²) in [6, 6.07) is 11.4. The first kappa shape index (κ1) is 14.5. The van der Waals surface area contributed by atoms with E-state index in [4.69, 9.17) is 16.7 Å². The van der Waals surface area contributed by atoms with Crippen LogP contribution in [0.5, 0.6) is 0 Å². The molecule has 0 atom stereocenters. The Balaban J connectivity index is 2.25. The Morgan fingerprint density at radius 1 is 1.15 bits per heavy atom. The number of carbonyl (C=O) groups is 1. The first-order chi connectivity index (χ1) is 9.61. The van der Waals surface area contributed by atoms with Gasteiger partial charge in [0.25, 0.3) is 5.91 Å². The number of rotatable bonds is 4. The molecule has 0 aliphatic carbocycles. The highest BCUT2D eigenvalue weighted by molar-refractivity contribution is 6.30. The third kappa shape index (κ3) is 3.35. The predicted octanol–water partition coefficient (Wildman–Crippen LogP) is 2.87. The zero-order valence-electron chi connectivity index (χ0n) is 10.6. The van der Waals surface area contributed by atoms with Crippen LogP contribution in [0.4, 0.5) is 4.39 Å². The van der Waals surface area contributed by atoms with Gasteiger partial charge in [-0.25, -0.2) is 4.39 Å². The number of amides is 1. The molecule has 0 saturated heterocycles. The van der Waals surface area contributed by atoms with Crippen LogP contribution in [-0.4, -0.2) is 24.2 Å². The van der Waals surface area contributed by atoms with Gasteiger partial charge in [0.1, 0.15) is 5.82 Å². The van der Waals surface area contributed by atoms with Crippen LogP contribution >= 0.6 is 11.6 Å². The van der Waals surface area contributed by atoms with Crippen LogP contribution in [-0.2, 0) is 0 Å². The van der Waals surface area contributed by atoms with Crippen LogP contribution < -0.4 is 5.32 Å². The third-order valence-corrected chi connectivity index (χ3v) is 3.04. The van der Waals surface area contributed by atoms with Crippen molar-refractivity contribution in [3.63, 3.8) is 0 Å². The van der Waals surface area contributed by atoms with Crippen LogP contribution in [0.1, 0.15) is 10.4 Å². The number of hydrogen-bond donors (Lipinski definition) is 2. The van der Waals surface area contributed by atoms with E-state index in [1.807, 2.05) is 0 Å². The highest BCUT2D eigenvalue weighted by Gasteiger charge is 2.12. The van der Waals surface area contributed by atoms with Gasteiger partial charge in [-0.3, -0.25) is 4.79 Å². The first-order valence-electron chi connectivity index (χ1n) is 6.06. The second-order valence-corrected chi connectivity index (χ2v) is 4.62. The number of nitrogens with one attached hydrogen (secondary N) is 1. The van der Waals surface area contributed by atoms with Gasteiger partial charge < -0.3 is 10.4 Å². The summed E-state index contributed by atoms with van der Waals surface area (Å²) in [4.78, 5) is 11.6. The number of aliphatic hydroxyl groups excluding tert-OH is 1. The first-order valence-corrected chi connectivity index (χ1v) is 6.44. The summed E-state index contributed by atoms with van der Waals surface area (Å²) in [5.41, 5.74) is 1.43. The van der Waals surface area contributed by atoms with Crippen LogP contribution in [0.3, 0.4) is 0 Å². The Morgan fingerprint density at radius 3 is 2.40 bits per heavy atom. The van der Waals surface area contributed by atoms with E-state index < -0.39 is 11.7 Å². The topological polar surface area (TPSA) is 49.3 Å². The van der Waals surface area contributed by atoms with Gasteiger partial charge in [0.15, 0.2) is 0 Å². The molecule has 5 heteroatoms. The molecule has 0 bridgehead atoms. The second-order valence-electron chi connectivity index (χ2n) is 4.18. The molecule has 0 radical (unpaired) electrons. The van der Waals surface area contributed by atoms with Crippen molar-refractivity contribution in [1.82, 2.24) is 5.32 Å². The van der Waals surface area contributed by atoms with E-state index in [0.717, 1.165) is 5.56 Å². The van der Waals surface area contributed by atoms with Crippen LogP contribution in [0, 0.1) is 5.82 Å². The van der Waals surface area contributed by atoms with Crippen molar-refractivity contribution < 1.29 is 14.3 Å². The minimum atomic E-state index is -0.604. The molecular formula is C15H13ClFNO2. The number of benzene rings is 2. The fourth-order valence-corrected chi connectivity index (χ4v) is 1.91. The van der Waals surface area contributed by atoms with E-state index in [0.29, 0.717) is 10.6 Å². The number of halogens is 2. The number of hydrogen-bond acceptors (Lipinski definition) is 2. The van der Waals surface area contributed by atoms with Crippen LogP contribution in [0.2, 0.25) is 5.02 Å². The molecule has 0 spiro atoms. The molecule has 104 valence electrons. The van der Waals surface area contributed by atoms with Crippen LogP contribution in [0.15, 0.2) is 42.5 Å². The molecule has 3 nitrogen and oxygen atoms in total. The number of aliphatic hydroxyl groups is 1. The van der Waals surface area contributed by atoms with Gasteiger partial charge in [0, 0.05) is 11.6 Å². The molecule has 0 unspecified atom stereocenters. The van der Waals surface area contributed by atoms with Crippen molar-refractivity contribution in [2.45, 2.75) is 0 Å². The normalized spacial score (nSPS) is 10.3. The molecular weight excluding hydrogens is 281 g/mol. The molecule has 0 fully saturated rings. The fraction of sp³-hybridized carbons (Fsp3) is 0.133. The molecule has 0 aromatic heterocycles. The van der Waals surface area contributed by atoms with Gasteiger partial charge >= 0.3 is 0 Å². The Bertz CT molecular complexity index is 614. The maximum Gasteiger partial charge on any atom is 0.254 e. The Kier molecular flexibility index (Phi) is 4.71. The van der Waals surface area contributed by atoms with E-state index in [9.17, 15) is 9.18 Å². The van der Waals surface area contributed by atoms with Gasteiger partial charge in [-0.15, -0.1) is 0 Å². The van der Waals surface area contributed by atoms with E-state index in [1.165, 1.54) is 12.1 Å². The maximum absolute atomic E-state index is 13.9. The zero-order valence-corrected chi connectivity index (χ0v) is 11.3. The monoisotopic (exact) mass is 293 g/mol. The van der Waals surface area contributed by atoms with Crippen molar-refractivity contribution in [1.29, 1.82) is 0 Å². The predicted molar refractivity (Wildman–Crippen MR) is 76.3 cm³/mol. The van der Waals surface area contributed by atoms with Gasteiger partial charge in [-0.1, -0.05) is 29.8 Å². The lowest BCUT2D eigenvalue weighted by molar-refractivity contribution is 0.0941. The summed E-state index contributed by atoms with van der Waals surface area (Å²) in [5, 5.41) is 11.6. The minimum Gasteiger partial charge on any atom is -0.395 e. The van der Waals surface area contributed by atoms with Gasteiger partial charge in [-0.2, -0.15) is 0 Å². The van der Waals surface area contributed by atoms with Crippen molar-refractivity contribution in [3.8, 4) is 11.1 Å². The molecule has 2 N–H and O–H groups in total. The third-order valence-electron chi connectivity index (χ3n) is 2.79. The van der Waals surface area contributed by atoms with Gasteiger partial charge in [0.2, 0.25) is 0 Å². The standard InChI is InChI=1S/C15H13ClFNO2/c16-12-4-1-10(2-5-12)11-3-6-13(14(17)9-11)15(20)18-7-8-19/h1-6,9,19H,7-8H2,(H,18,20). The fourth-order valence-electron chi connectivity index (χ4n) is 1.79. The number of carbonyl (C=O) groups excluding carboxylic acids is 1. The minimum absolute atomic E-state index is 0.0452. The van der Waals surface area contributed by atoms with E-state index >= 15 is 0 Å². The summed E-state index contributed by atoms with van der Waals surface area (Å²) in [5.74, 6) is -1.15. The molecule has 0 aliphatic rings. The molecule has 1 amide bonds. The quantitative estimate of drug-likeness (QED) is 0.911. The summed E-state index contributed by atoms with van der Waals surface area (Å²) < 4.78 is 13.9. The van der Waals surface area contributed by atoms with Gasteiger partial charge in [-0.05, 0) is 35.4 Å². The Morgan fingerprint density at radius 2 is 1.80 bits per heavy atom. The Labute approximate surface area is 121 Å². The molecule has 2 aromatic rings. The molecule has 0 saturated carbocycles. The lowest BCUT2D eigenvalue weighted by Gasteiger charge is -2.07. The highest BCUT2D eigenvalue weighted by atomic mass is 35.5. The molecule has 20 heavy (non-hydrogen) atoms. The van der Waals surface area contributed by atoms with Gasteiger partial charge in [0.05, 0.1) is 12.2 Å². The zero-order chi connectivity index (χ0) is 14.5. The smallest absolute Gasteiger partial charge is 0.254 e. The summed E-state index contributed by atoms with van der Waals surface area (Å²) in [6.45, 7) is -0.0899. The Hall–Kier alpha value is -1.91. The SMILES string of the molecule is O=C(NCCO)c1ccc(-c2ccc(Cl)cc2)cc1F. The lowest BCUT2D eigenvalue weighted by atomic mass is 10.0. The average molecular weight is 294 g/mol. The maximum atomic E-state index is 13.9. The second kappa shape index (κ2) is 6.50. The lowest BCUT2D eigenvalue weighted by Crippen LogP contribution is -2.27. The molecule has 2 aromatic carbocycles. The summed E-state index contributed by atoms with van der Waals surface area (Å²) >= 11 is 5.80.